The molecule has 0 saturated carbocycles. The summed E-state index contributed by atoms with van der Waals surface area (Å²) < 4.78 is 7.43. The van der Waals surface area contributed by atoms with Crippen LogP contribution in [0.2, 0.25) is 0 Å². The molecule has 0 radical (unpaired) electrons. The van der Waals surface area contributed by atoms with Crippen molar-refractivity contribution < 1.29 is 4.74 Å². The third-order valence-corrected chi connectivity index (χ3v) is 6.10. The SMILES string of the molecule is O=c1c2c(NCCCN3CCOCC3)ccc3ncn(c4ccc5[nH]ncc5c14)c32. The number of hydrogen-bond acceptors (Lipinski definition) is 6. The summed E-state index contributed by atoms with van der Waals surface area (Å²) >= 11 is 0. The van der Waals surface area contributed by atoms with Gasteiger partial charge >= 0.3 is 0 Å². The Hall–Kier alpha value is -3.23. The lowest BCUT2D eigenvalue weighted by Gasteiger charge is -2.26. The molecule has 30 heavy (non-hydrogen) atoms. The number of morpholine rings is 1. The number of imidazole rings is 1. The number of fused-ring (bicyclic) bond motifs is 4. The van der Waals surface area contributed by atoms with E-state index in [9.17, 15) is 4.79 Å². The van der Waals surface area contributed by atoms with Crippen molar-refractivity contribution in [3.63, 3.8) is 0 Å². The number of aromatic nitrogens is 4. The first-order valence-corrected chi connectivity index (χ1v) is 10.4. The van der Waals surface area contributed by atoms with Crippen LogP contribution in [0.4, 0.5) is 5.69 Å². The molecule has 0 aliphatic carbocycles. The summed E-state index contributed by atoms with van der Waals surface area (Å²) in [6.07, 6.45) is 4.53. The first-order chi connectivity index (χ1) is 14.8. The van der Waals surface area contributed by atoms with Gasteiger partial charge in [0.2, 0.25) is 0 Å². The average molecular weight is 402 g/mol. The van der Waals surface area contributed by atoms with Crippen LogP contribution in [0.1, 0.15) is 6.42 Å². The van der Waals surface area contributed by atoms with Crippen LogP contribution in [-0.2, 0) is 4.74 Å². The van der Waals surface area contributed by atoms with Gasteiger partial charge in [-0.3, -0.25) is 19.2 Å². The predicted molar refractivity (Wildman–Crippen MR) is 118 cm³/mol. The largest absolute Gasteiger partial charge is 0.384 e. The molecule has 3 aromatic heterocycles. The van der Waals surface area contributed by atoms with E-state index < -0.39 is 0 Å². The minimum atomic E-state index is 0.0197. The lowest BCUT2D eigenvalue weighted by Crippen LogP contribution is -2.37. The van der Waals surface area contributed by atoms with Crippen LogP contribution in [0, 0.1) is 0 Å². The summed E-state index contributed by atoms with van der Waals surface area (Å²) in [5, 5.41) is 12.8. The van der Waals surface area contributed by atoms with E-state index in [0.29, 0.717) is 10.8 Å². The lowest BCUT2D eigenvalue weighted by atomic mass is 10.0. The molecule has 8 heteroatoms. The topological polar surface area (TPSA) is 87.5 Å². The minimum absolute atomic E-state index is 0.0197. The van der Waals surface area contributed by atoms with Crippen molar-refractivity contribution >= 4 is 43.9 Å². The standard InChI is InChI=1S/C22H22N6O2/c29-22-19-14-12-25-26-15(14)4-5-18(19)28-13-24-17-3-2-16(20(22)21(17)28)23-6-1-7-27-8-10-30-11-9-27/h2-5,12-13,23H,1,6-11H2,(H,25,26). The van der Waals surface area contributed by atoms with Crippen LogP contribution < -0.4 is 10.7 Å². The van der Waals surface area contributed by atoms with E-state index in [0.717, 1.165) is 79.0 Å². The van der Waals surface area contributed by atoms with Gasteiger partial charge in [-0.1, -0.05) is 0 Å². The molecule has 6 rings (SSSR count). The Morgan fingerprint density at radius 3 is 2.93 bits per heavy atom. The Labute approximate surface area is 171 Å². The molecule has 1 aliphatic rings. The number of hydrogen-bond donors (Lipinski definition) is 2. The average Bonchev–Trinajstić information content (AvgIpc) is 3.43. The molecule has 0 bridgehead atoms. The third kappa shape index (κ3) is 2.64. The highest BCUT2D eigenvalue weighted by Gasteiger charge is 2.18. The van der Waals surface area contributed by atoms with Crippen LogP contribution in [0.5, 0.6) is 0 Å². The summed E-state index contributed by atoms with van der Waals surface area (Å²) in [6, 6.07) is 7.87. The Balaban J connectivity index is 1.42. The van der Waals surface area contributed by atoms with Crippen molar-refractivity contribution in [3.05, 3.63) is 47.0 Å². The Bertz CT molecular complexity index is 1420. The fourth-order valence-corrected chi connectivity index (χ4v) is 4.59. The number of nitrogens with zero attached hydrogens (tertiary/aromatic N) is 4. The zero-order valence-corrected chi connectivity index (χ0v) is 16.5. The molecule has 1 saturated heterocycles. The molecule has 2 aromatic carbocycles. The quantitative estimate of drug-likeness (QED) is 0.347. The van der Waals surface area contributed by atoms with Crippen molar-refractivity contribution in [2.45, 2.75) is 6.42 Å². The van der Waals surface area contributed by atoms with E-state index in [-0.39, 0.29) is 5.43 Å². The molecule has 2 N–H and O–H groups in total. The number of ether oxygens (including phenoxy) is 1. The summed E-state index contributed by atoms with van der Waals surface area (Å²) in [6.45, 7) is 5.44. The van der Waals surface area contributed by atoms with Gasteiger partial charge in [-0.25, -0.2) is 4.98 Å². The molecule has 0 spiro atoms. The molecule has 0 amide bonds. The second-order valence-electron chi connectivity index (χ2n) is 7.82. The number of nitrogens with one attached hydrogen (secondary N) is 2. The zero-order chi connectivity index (χ0) is 20.1. The van der Waals surface area contributed by atoms with Gasteiger partial charge in [0.25, 0.3) is 0 Å². The molecule has 5 aromatic rings. The van der Waals surface area contributed by atoms with Crippen LogP contribution in [0.25, 0.3) is 38.2 Å². The summed E-state index contributed by atoms with van der Waals surface area (Å²) in [5.74, 6) is 0. The van der Waals surface area contributed by atoms with Crippen LogP contribution in [-0.4, -0.2) is 63.9 Å². The molecule has 1 aliphatic heterocycles. The third-order valence-electron chi connectivity index (χ3n) is 6.10. The fraction of sp³-hybridized carbons (Fsp3) is 0.318. The van der Waals surface area contributed by atoms with E-state index >= 15 is 0 Å². The van der Waals surface area contributed by atoms with E-state index in [1.165, 1.54) is 0 Å². The van der Waals surface area contributed by atoms with Gasteiger partial charge in [0.05, 0.1) is 52.2 Å². The number of rotatable bonds is 5. The zero-order valence-electron chi connectivity index (χ0n) is 16.5. The van der Waals surface area contributed by atoms with E-state index in [1.54, 1.807) is 12.5 Å². The highest BCUT2D eigenvalue weighted by molar-refractivity contribution is 6.13. The molecule has 8 nitrogen and oxygen atoms in total. The molecule has 4 heterocycles. The second-order valence-corrected chi connectivity index (χ2v) is 7.82. The monoisotopic (exact) mass is 402 g/mol. The van der Waals surface area contributed by atoms with Crippen molar-refractivity contribution in [2.75, 3.05) is 44.7 Å². The maximum atomic E-state index is 13.7. The van der Waals surface area contributed by atoms with Gasteiger partial charge < -0.3 is 10.1 Å². The summed E-state index contributed by atoms with van der Waals surface area (Å²) in [7, 11) is 0. The van der Waals surface area contributed by atoms with Gasteiger partial charge in [-0.15, -0.1) is 0 Å². The van der Waals surface area contributed by atoms with Crippen LogP contribution in [0.3, 0.4) is 0 Å². The maximum Gasteiger partial charge on any atom is 0.200 e. The molecule has 0 unspecified atom stereocenters. The highest BCUT2D eigenvalue weighted by Crippen LogP contribution is 2.30. The van der Waals surface area contributed by atoms with E-state index in [4.69, 9.17) is 4.74 Å². The molecule has 152 valence electrons. The maximum absolute atomic E-state index is 13.7. The van der Waals surface area contributed by atoms with Gasteiger partial charge in [0.15, 0.2) is 5.43 Å². The molecular weight excluding hydrogens is 380 g/mol. The van der Waals surface area contributed by atoms with Crippen LogP contribution >= 0.6 is 0 Å². The predicted octanol–water partition coefficient (Wildman–Crippen LogP) is 2.45. The van der Waals surface area contributed by atoms with E-state index in [2.05, 4.69) is 25.4 Å². The first kappa shape index (κ1) is 17.6. The Morgan fingerprint density at radius 1 is 1.13 bits per heavy atom. The molecule has 1 fully saturated rings. The Kier molecular flexibility index (Phi) is 4.07. The fourth-order valence-electron chi connectivity index (χ4n) is 4.59. The first-order valence-electron chi connectivity index (χ1n) is 10.4. The number of H-pyrrole nitrogens is 1. The van der Waals surface area contributed by atoms with Crippen molar-refractivity contribution in [3.8, 4) is 0 Å². The minimum Gasteiger partial charge on any atom is -0.384 e. The van der Waals surface area contributed by atoms with Gasteiger partial charge in [0, 0.05) is 30.7 Å². The number of pyridine rings is 1. The number of benzene rings is 2. The second kappa shape index (κ2) is 6.93. The lowest BCUT2D eigenvalue weighted by molar-refractivity contribution is 0.0378. The van der Waals surface area contributed by atoms with Gasteiger partial charge in [-0.05, 0) is 37.2 Å². The number of anilines is 1. The van der Waals surface area contributed by atoms with Crippen molar-refractivity contribution in [1.82, 2.24) is 24.5 Å². The normalized spacial score (nSPS) is 15.7. The van der Waals surface area contributed by atoms with Crippen LogP contribution in [0.15, 0.2) is 41.6 Å². The smallest absolute Gasteiger partial charge is 0.200 e. The van der Waals surface area contributed by atoms with E-state index in [1.807, 2.05) is 28.7 Å². The van der Waals surface area contributed by atoms with Gasteiger partial charge in [-0.2, -0.15) is 5.10 Å². The Morgan fingerprint density at radius 2 is 2.03 bits per heavy atom. The molecular formula is C22H22N6O2. The highest BCUT2D eigenvalue weighted by atomic mass is 16.5. The summed E-state index contributed by atoms with van der Waals surface area (Å²) in [5.41, 5.74) is 4.29. The summed E-state index contributed by atoms with van der Waals surface area (Å²) in [4.78, 5) is 20.6. The van der Waals surface area contributed by atoms with Crippen molar-refractivity contribution in [2.24, 2.45) is 0 Å². The molecule has 0 atom stereocenters. The van der Waals surface area contributed by atoms with Crippen molar-refractivity contribution in [1.29, 1.82) is 0 Å². The number of aromatic amines is 1. The van der Waals surface area contributed by atoms with Gasteiger partial charge in [0.1, 0.15) is 6.33 Å².